The fraction of sp³-hybridized carbons (Fsp3) is 0.167. The highest BCUT2D eigenvalue weighted by atomic mass is 19.1. The molecular weight excluding hydrogens is 243 g/mol. The molecule has 0 heterocycles. The third kappa shape index (κ3) is 7.13. The van der Waals surface area contributed by atoms with E-state index in [0.29, 0.717) is 6.29 Å². The molecule has 0 N–H and O–H groups in total. The van der Waals surface area contributed by atoms with E-state index in [0.717, 1.165) is 0 Å². The molecule has 0 aromatic carbocycles. The summed E-state index contributed by atoms with van der Waals surface area (Å²) < 4.78 is 26.5. The molecule has 0 rings (SSSR count). The molecule has 0 aliphatic rings. The Balaban J connectivity index is 3.84. The third-order valence-corrected chi connectivity index (χ3v) is 1.42. The van der Waals surface area contributed by atoms with Crippen molar-refractivity contribution in [1.29, 1.82) is 0 Å². The van der Waals surface area contributed by atoms with Crippen molar-refractivity contribution in [3.63, 3.8) is 0 Å². The van der Waals surface area contributed by atoms with Crippen LogP contribution in [0.15, 0.2) is 49.4 Å². The lowest BCUT2D eigenvalue weighted by Crippen LogP contribution is -2.07. The first-order valence-corrected chi connectivity index (χ1v) is 4.68. The quantitative estimate of drug-likeness (QED) is 0.258. The van der Waals surface area contributed by atoms with Crippen LogP contribution in [-0.2, 0) is 23.8 Å². The number of aldehydes is 1. The number of hydrogen-bond acceptors (Lipinski definition) is 5. The maximum Gasteiger partial charge on any atom is 0.366 e. The second-order valence-corrected chi connectivity index (χ2v) is 3.06. The number of ether oxygens (including phenoxy) is 3. The van der Waals surface area contributed by atoms with Crippen LogP contribution in [-0.4, -0.2) is 25.5 Å². The topological polar surface area (TPSA) is 61.8 Å². The fourth-order valence-electron chi connectivity index (χ4n) is 0.761. The van der Waals surface area contributed by atoms with Gasteiger partial charge >= 0.3 is 6.04 Å². The summed E-state index contributed by atoms with van der Waals surface area (Å²) in [5.74, 6) is -0.628. The van der Waals surface area contributed by atoms with Crippen molar-refractivity contribution >= 4 is 12.3 Å². The first-order chi connectivity index (χ1) is 8.36. The van der Waals surface area contributed by atoms with Crippen molar-refractivity contribution in [3.05, 3.63) is 49.4 Å². The number of halogens is 1. The van der Waals surface area contributed by atoms with E-state index < -0.39 is 11.8 Å². The minimum Gasteiger partial charge on any atom is -0.457 e. The van der Waals surface area contributed by atoms with Gasteiger partial charge in [0.05, 0.1) is 0 Å². The van der Waals surface area contributed by atoms with Gasteiger partial charge in [-0.25, -0.2) is 0 Å². The van der Waals surface area contributed by atoms with Gasteiger partial charge in [0.1, 0.15) is 24.7 Å². The molecule has 0 unspecified atom stereocenters. The van der Waals surface area contributed by atoms with Gasteiger partial charge in [0.25, 0.3) is 0 Å². The average Bonchev–Trinajstić information content (AvgIpc) is 2.28. The normalized spacial score (nSPS) is 9.17. The second-order valence-electron chi connectivity index (χ2n) is 3.06. The zero-order valence-corrected chi connectivity index (χ0v) is 9.74. The molecule has 0 aromatic rings. The van der Waals surface area contributed by atoms with Gasteiger partial charge in [0.2, 0.25) is 0 Å². The van der Waals surface area contributed by atoms with Gasteiger partial charge in [-0.05, 0) is 6.58 Å². The maximum atomic E-state index is 12.1. The van der Waals surface area contributed by atoms with Crippen LogP contribution >= 0.6 is 0 Å². The fourth-order valence-corrected chi connectivity index (χ4v) is 0.761. The molecule has 18 heavy (non-hydrogen) atoms. The standard InChI is InChI=1S/C12H13FO5/c1-8(5-14)17-9(2)6-16-7-10(3)18-11(4)12(13)15/h5H,1-4,6-7H2. The van der Waals surface area contributed by atoms with E-state index in [1.165, 1.54) is 0 Å². The van der Waals surface area contributed by atoms with Crippen LogP contribution in [0.25, 0.3) is 0 Å². The SMILES string of the molecule is C=C(C=O)OC(=C)COCC(=C)OC(=C)C(=O)F. The summed E-state index contributed by atoms with van der Waals surface area (Å²) in [4.78, 5) is 20.4. The molecule has 5 nitrogen and oxygen atoms in total. The highest BCUT2D eigenvalue weighted by Gasteiger charge is 2.08. The number of allylic oxidation sites excluding steroid dienone is 2. The van der Waals surface area contributed by atoms with E-state index in [1.807, 2.05) is 0 Å². The summed E-state index contributed by atoms with van der Waals surface area (Å²) in [6.07, 6.45) is 0.421. The zero-order valence-electron chi connectivity index (χ0n) is 9.74. The predicted molar refractivity (Wildman–Crippen MR) is 61.7 cm³/mol. The highest BCUT2D eigenvalue weighted by molar-refractivity contribution is 5.84. The van der Waals surface area contributed by atoms with Crippen LogP contribution in [0.1, 0.15) is 0 Å². The van der Waals surface area contributed by atoms with Crippen molar-refractivity contribution in [3.8, 4) is 0 Å². The van der Waals surface area contributed by atoms with Gasteiger partial charge in [0, 0.05) is 0 Å². The highest BCUT2D eigenvalue weighted by Crippen LogP contribution is 2.06. The monoisotopic (exact) mass is 256 g/mol. The summed E-state index contributed by atoms with van der Waals surface area (Å²) in [5.41, 5.74) is 0. The lowest BCUT2D eigenvalue weighted by molar-refractivity contribution is -0.128. The summed E-state index contributed by atoms with van der Waals surface area (Å²) in [6.45, 7) is 13.0. The molecule has 0 radical (unpaired) electrons. The zero-order chi connectivity index (χ0) is 14.1. The smallest absolute Gasteiger partial charge is 0.366 e. The Morgan fingerprint density at radius 3 is 2.00 bits per heavy atom. The van der Waals surface area contributed by atoms with Gasteiger partial charge in [-0.3, -0.25) is 9.59 Å². The summed E-state index contributed by atoms with van der Waals surface area (Å²) in [6, 6.07) is -1.79. The maximum absolute atomic E-state index is 12.1. The minimum absolute atomic E-state index is 0.00647. The molecule has 0 saturated heterocycles. The first kappa shape index (κ1) is 15.8. The number of carbonyl (C=O) groups excluding carboxylic acids is 2. The molecular formula is C12H13FO5. The molecule has 0 amide bonds. The van der Waals surface area contributed by atoms with Crippen molar-refractivity contribution in [2.75, 3.05) is 13.2 Å². The average molecular weight is 256 g/mol. The van der Waals surface area contributed by atoms with E-state index in [4.69, 9.17) is 9.47 Å². The van der Waals surface area contributed by atoms with Crippen molar-refractivity contribution < 1.29 is 28.2 Å². The summed E-state index contributed by atoms with van der Waals surface area (Å²) in [7, 11) is 0. The Morgan fingerprint density at radius 2 is 1.56 bits per heavy atom. The summed E-state index contributed by atoms with van der Waals surface area (Å²) >= 11 is 0. The minimum atomic E-state index is -1.79. The Labute approximate surface area is 104 Å². The van der Waals surface area contributed by atoms with Gasteiger partial charge in [-0.15, -0.1) is 0 Å². The number of carbonyl (C=O) groups is 2. The van der Waals surface area contributed by atoms with Crippen LogP contribution in [0.4, 0.5) is 4.39 Å². The van der Waals surface area contributed by atoms with E-state index in [-0.39, 0.29) is 30.5 Å². The molecule has 0 atom stereocenters. The molecule has 98 valence electrons. The Morgan fingerprint density at radius 1 is 1.06 bits per heavy atom. The Kier molecular flexibility index (Phi) is 6.99. The van der Waals surface area contributed by atoms with Crippen LogP contribution in [0, 0.1) is 0 Å². The number of hydrogen-bond donors (Lipinski definition) is 0. The molecule has 6 heteroatoms. The van der Waals surface area contributed by atoms with Crippen molar-refractivity contribution in [1.82, 2.24) is 0 Å². The van der Waals surface area contributed by atoms with E-state index in [2.05, 4.69) is 31.1 Å². The van der Waals surface area contributed by atoms with E-state index in [9.17, 15) is 14.0 Å². The third-order valence-electron chi connectivity index (χ3n) is 1.42. The molecule has 0 aliphatic heterocycles. The van der Waals surface area contributed by atoms with Crippen LogP contribution in [0.2, 0.25) is 0 Å². The van der Waals surface area contributed by atoms with Crippen LogP contribution in [0.3, 0.4) is 0 Å². The molecule has 0 aliphatic carbocycles. The van der Waals surface area contributed by atoms with Gasteiger partial charge in [-0.1, -0.05) is 19.7 Å². The molecule has 0 saturated carbocycles. The van der Waals surface area contributed by atoms with Crippen LogP contribution < -0.4 is 0 Å². The molecule has 0 spiro atoms. The second kappa shape index (κ2) is 7.97. The van der Waals surface area contributed by atoms with Gasteiger partial charge in [0.15, 0.2) is 17.8 Å². The number of rotatable bonds is 10. The lowest BCUT2D eigenvalue weighted by Gasteiger charge is -2.10. The molecule has 0 aromatic heterocycles. The Bertz CT molecular complexity index is 397. The Hall–Kier alpha value is -2.21. The van der Waals surface area contributed by atoms with E-state index >= 15 is 0 Å². The summed E-state index contributed by atoms with van der Waals surface area (Å²) in [5, 5.41) is 0. The van der Waals surface area contributed by atoms with Gasteiger partial charge < -0.3 is 14.2 Å². The molecule has 0 bridgehead atoms. The van der Waals surface area contributed by atoms with Gasteiger partial charge in [-0.2, -0.15) is 4.39 Å². The van der Waals surface area contributed by atoms with Crippen molar-refractivity contribution in [2.24, 2.45) is 0 Å². The van der Waals surface area contributed by atoms with Crippen molar-refractivity contribution in [2.45, 2.75) is 0 Å². The predicted octanol–water partition coefficient (Wildman–Crippen LogP) is 1.79. The first-order valence-electron chi connectivity index (χ1n) is 4.68. The van der Waals surface area contributed by atoms with Crippen LogP contribution in [0.5, 0.6) is 0 Å². The lowest BCUT2D eigenvalue weighted by atomic mass is 10.5. The largest absolute Gasteiger partial charge is 0.457 e. The molecule has 0 fully saturated rings. The van der Waals surface area contributed by atoms with E-state index in [1.54, 1.807) is 0 Å².